The molecule has 2 atom stereocenters. The maximum atomic E-state index is 13.0. The Balaban J connectivity index is 1.12. The van der Waals surface area contributed by atoms with Crippen molar-refractivity contribution in [3.8, 4) is 5.75 Å². The van der Waals surface area contributed by atoms with E-state index in [1.54, 1.807) is 7.11 Å². The third-order valence-corrected chi connectivity index (χ3v) is 11.1. The van der Waals surface area contributed by atoms with Gasteiger partial charge in [0.1, 0.15) is 5.75 Å². The largest absolute Gasteiger partial charge is 0.497 e. The van der Waals surface area contributed by atoms with Gasteiger partial charge in [0.15, 0.2) is 5.82 Å². The fourth-order valence-electron chi connectivity index (χ4n) is 5.60. The fourth-order valence-corrected chi connectivity index (χ4v) is 8.32. The molecule has 8 nitrogen and oxygen atoms in total. The summed E-state index contributed by atoms with van der Waals surface area (Å²) in [5.41, 5.74) is 4.49. The smallest absolute Gasteiger partial charge is 0.239 e. The number of hydrogen-bond donors (Lipinski definition) is 2. The number of ether oxygens (including phenoxy) is 1. The fraction of sp³-hybridized carbons (Fsp3) is 0.400. The van der Waals surface area contributed by atoms with Crippen molar-refractivity contribution in [2.45, 2.75) is 69.6 Å². The van der Waals surface area contributed by atoms with Crippen molar-refractivity contribution in [2.75, 3.05) is 16.7 Å². The molecule has 1 aliphatic heterocycles. The van der Waals surface area contributed by atoms with Crippen LogP contribution in [0.25, 0.3) is 0 Å². The number of methoxy groups -OCH3 is 1. The molecule has 40 heavy (non-hydrogen) atoms. The first kappa shape index (κ1) is 26.8. The Morgan fingerprint density at radius 2 is 1.88 bits per heavy atom. The number of hydrogen-bond acceptors (Lipinski definition) is 7. The predicted octanol–water partition coefficient (Wildman–Crippen LogP) is 6.82. The van der Waals surface area contributed by atoms with Gasteiger partial charge in [0.2, 0.25) is 10.0 Å². The summed E-state index contributed by atoms with van der Waals surface area (Å²) in [6.45, 7) is 6.99. The average molecular weight is 578 g/mol. The highest BCUT2D eigenvalue weighted by atomic mass is 32.2. The molecule has 2 aliphatic rings. The quantitative estimate of drug-likeness (QED) is 0.250. The Morgan fingerprint density at radius 1 is 1.10 bits per heavy atom. The minimum absolute atomic E-state index is 0.0169. The highest BCUT2D eigenvalue weighted by Crippen LogP contribution is 2.45. The van der Waals surface area contributed by atoms with Gasteiger partial charge in [-0.2, -0.15) is 5.10 Å². The van der Waals surface area contributed by atoms with Gasteiger partial charge in [-0.15, -0.1) is 11.3 Å². The van der Waals surface area contributed by atoms with Crippen LogP contribution in [-0.2, 0) is 27.7 Å². The van der Waals surface area contributed by atoms with Crippen LogP contribution < -0.4 is 14.4 Å². The molecule has 2 unspecified atom stereocenters. The summed E-state index contributed by atoms with van der Waals surface area (Å²) in [7, 11) is -1.83. The monoisotopic (exact) mass is 577 g/mol. The lowest BCUT2D eigenvalue weighted by molar-refractivity contribution is 0.414. The second-order valence-electron chi connectivity index (χ2n) is 11.8. The maximum absolute atomic E-state index is 13.0. The summed E-state index contributed by atoms with van der Waals surface area (Å²) in [4.78, 5) is 6.10. The molecule has 210 valence electrons. The number of anilines is 3. The van der Waals surface area contributed by atoms with Gasteiger partial charge in [-0.1, -0.05) is 32.9 Å². The number of thiazole rings is 1. The van der Waals surface area contributed by atoms with E-state index in [0.717, 1.165) is 59.0 Å². The van der Waals surface area contributed by atoms with Crippen LogP contribution in [0.2, 0.25) is 0 Å². The number of fused-ring (bicyclic) bond motifs is 1. The lowest BCUT2D eigenvalue weighted by Gasteiger charge is -2.19. The summed E-state index contributed by atoms with van der Waals surface area (Å²) in [6, 6.07) is 15.3. The Bertz CT molecular complexity index is 1620. The molecular formula is C30H35N5O3S2. The predicted molar refractivity (Wildman–Crippen MR) is 160 cm³/mol. The molecular weight excluding hydrogens is 542 g/mol. The van der Waals surface area contributed by atoms with E-state index in [0.29, 0.717) is 11.8 Å². The minimum Gasteiger partial charge on any atom is -0.497 e. The van der Waals surface area contributed by atoms with Gasteiger partial charge in [-0.05, 0) is 66.1 Å². The SMILES string of the molecule is COc1ccc(CN2c3ccc(Nc4cc(C5CCC(c6ncc(C(C)(C)C)s6)C5)[nH]n4)cc3CS2(=O)=O)cc1. The molecule has 0 spiro atoms. The van der Waals surface area contributed by atoms with Crippen LogP contribution in [0, 0.1) is 0 Å². The first-order valence-electron chi connectivity index (χ1n) is 13.6. The molecule has 0 radical (unpaired) electrons. The topological polar surface area (TPSA) is 100 Å². The number of H-pyrrole nitrogens is 1. The van der Waals surface area contributed by atoms with E-state index >= 15 is 0 Å². The third-order valence-electron chi connectivity index (χ3n) is 7.86. The first-order valence-corrected chi connectivity index (χ1v) is 16.1. The highest BCUT2D eigenvalue weighted by Gasteiger charge is 2.34. The summed E-state index contributed by atoms with van der Waals surface area (Å²) in [6.07, 6.45) is 5.36. The molecule has 2 N–H and O–H groups in total. The number of sulfonamides is 1. The second kappa shape index (κ2) is 10.2. The van der Waals surface area contributed by atoms with E-state index in [1.165, 1.54) is 14.2 Å². The van der Waals surface area contributed by atoms with Crippen LogP contribution in [0.3, 0.4) is 0 Å². The van der Waals surface area contributed by atoms with Crippen molar-refractivity contribution in [2.24, 2.45) is 0 Å². The van der Waals surface area contributed by atoms with Crippen LogP contribution >= 0.6 is 11.3 Å². The number of rotatable bonds is 7. The minimum atomic E-state index is -3.44. The van der Waals surface area contributed by atoms with Crippen molar-refractivity contribution < 1.29 is 13.2 Å². The Labute approximate surface area is 239 Å². The van der Waals surface area contributed by atoms with E-state index in [4.69, 9.17) is 9.72 Å². The average Bonchev–Trinajstić information content (AvgIpc) is 3.70. The molecule has 4 aromatic rings. The zero-order valence-electron chi connectivity index (χ0n) is 23.3. The van der Waals surface area contributed by atoms with E-state index in [1.807, 2.05) is 60.0 Å². The zero-order valence-corrected chi connectivity index (χ0v) is 24.9. The van der Waals surface area contributed by atoms with E-state index in [9.17, 15) is 8.42 Å². The third kappa shape index (κ3) is 5.34. The normalized spacial score (nSPS) is 20.1. The second-order valence-corrected chi connectivity index (χ2v) is 14.8. The standard InChI is InChI=1S/C30H35N5O3S2/c1-30(2,3)27-16-31-29(39-27)21-8-7-20(13-21)25-15-28(34-33-25)32-23-9-12-26-22(14-23)18-40(36,37)35(26)17-19-5-10-24(38-4)11-6-19/h5-6,9-12,14-16,20-21H,7-8,13,17-18H2,1-4H3,(H2,32,33,34). The molecule has 0 amide bonds. The molecule has 0 saturated heterocycles. The molecule has 2 aromatic carbocycles. The number of nitrogens with one attached hydrogen (secondary N) is 2. The zero-order chi connectivity index (χ0) is 28.1. The van der Waals surface area contributed by atoms with Crippen molar-refractivity contribution >= 4 is 38.6 Å². The molecule has 1 saturated carbocycles. The van der Waals surface area contributed by atoms with Gasteiger partial charge in [-0.3, -0.25) is 9.40 Å². The molecule has 3 heterocycles. The van der Waals surface area contributed by atoms with Gasteiger partial charge < -0.3 is 10.1 Å². The number of nitrogens with zero attached hydrogens (tertiary/aromatic N) is 3. The van der Waals surface area contributed by atoms with Crippen LogP contribution in [0.5, 0.6) is 5.75 Å². The Kier molecular flexibility index (Phi) is 6.86. The van der Waals surface area contributed by atoms with E-state index < -0.39 is 10.0 Å². The lowest BCUT2D eigenvalue weighted by Crippen LogP contribution is -2.26. The van der Waals surface area contributed by atoms with Crippen LogP contribution in [-0.4, -0.2) is 30.7 Å². The summed E-state index contributed by atoms with van der Waals surface area (Å²) in [5, 5.41) is 12.4. The number of benzene rings is 2. The molecule has 1 aliphatic carbocycles. The summed E-state index contributed by atoms with van der Waals surface area (Å²) < 4.78 is 32.7. The number of aromatic nitrogens is 3. The molecule has 6 rings (SSSR count). The first-order chi connectivity index (χ1) is 19.1. The van der Waals surface area contributed by atoms with E-state index in [-0.39, 0.29) is 17.7 Å². The lowest BCUT2D eigenvalue weighted by atomic mass is 9.96. The van der Waals surface area contributed by atoms with Gasteiger partial charge in [0.05, 0.1) is 30.1 Å². The van der Waals surface area contributed by atoms with Gasteiger partial charge in [-0.25, -0.2) is 13.4 Å². The molecule has 10 heteroatoms. The van der Waals surface area contributed by atoms with Crippen molar-refractivity contribution in [3.05, 3.63) is 81.4 Å². The Morgan fingerprint density at radius 3 is 2.60 bits per heavy atom. The van der Waals surface area contributed by atoms with Crippen molar-refractivity contribution in [3.63, 3.8) is 0 Å². The van der Waals surface area contributed by atoms with Gasteiger partial charge >= 0.3 is 0 Å². The number of aromatic amines is 1. The van der Waals surface area contributed by atoms with Crippen LogP contribution in [0.1, 0.15) is 78.6 Å². The van der Waals surface area contributed by atoms with Gasteiger partial charge in [0.25, 0.3) is 0 Å². The maximum Gasteiger partial charge on any atom is 0.239 e. The summed E-state index contributed by atoms with van der Waals surface area (Å²) >= 11 is 1.85. The highest BCUT2D eigenvalue weighted by molar-refractivity contribution is 7.92. The molecule has 1 fully saturated rings. The van der Waals surface area contributed by atoms with Crippen LogP contribution in [0.4, 0.5) is 17.2 Å². The van der Waals surface area contributed by atoms with Crippen molar-refractivity contribution in [1.82, 2.24) is 15.2 Å². The molecule has 2 aromatic heterocycles. The summed E-state index contributed by atoms with van der Waals surface area (Å²) in [5.74, 6) is 2.38. The Hall–Kier alpha value is -3.37. The van der Waals surface area contributed by atoms with E-state index in [2.05, 4.69) is 42.4 Å². The van der Waals surface area contributed by atoms with Crippen molar-refractivity contribution in [1.29, 1.82) is 0 Å². The molecule has 0 bridgehead atoms. The van der Waals surface area contributed by atoms with Gasteiger partial charge in [0, 0.05) is 40.4 Å². The van der Waals surface area contributed by atoms with Crippen LogP contribution in [0.15, 0.2) is 54.7 Å².